The van der Waals surface area contributed by atoms with Crippen LogP contribution in [0.25, 0.3) is 0 Å². The normalized spacial score (nSPS) is 28.6. The average Bonchev–Trinajstić information content (AvgIpc) is 3.42. The molecule has 3 amide bonds. The SMILES string of the molecule is O=C(CN1C(=O)[C@@H]2[C@@H]3C[C@H]([C@H]2C1=O)[C@H](c1ccccc1)C3)Nc1cccc([N+](=O)[O-])c1. The lowest BCUT2D eigenvalue weighted by Gasteiger charge is -2.28. The second-order valence-corrected chi connectivity index (χ2v) is 8.58. The summed E-state index contributed by atoms with van der Waals surface area (Å²) in [5, 5.41) is 13.5. The van der Waals surface area contributed by atoms with Gasteiger partial charge < -0.3 is 5.32 Å². The fraction of sp³-hybridized carbons (Fsp3) is 0.348. The van der Waals surface area contributed by atoms with Crippen LogP contribution in [0.4, 0.5) is 11.4 Å². The van der Waals surface area contributed by atoms with Crippen molar-refractivity contribution in [3.05, 3.63) is 70.3 Å². The van der Waals surface area contributed by atoms with Crippen LogP contribution in [0.1, 0.15) is 24.3 Å². The number of non-ortho nitro benzene ring substituents is 1. The fourth-order valence-electron chi connectivity index (χ4n) is 5.80. The third-order valence-corrected chi connectivity index (χ3v) is 6.98. The van der Waals surface area contributed by atoms with Gasteiger partial charge in [-0.2, -0.15) is 0 Å². The van der Waals surface area contributed by atoms with Crippen LogP contribution in [0, 0.1) is 33.8 Å². The Labute approximate surface area is 178 Å². The van der Waals surface area contributed by atoms with E-state index in [2.05, 4.69) is 17.4 Å². The number of imide groups is 1. The van der Waals surface area contributed by atoms with Crippen molar-refractivity contribution in [2.24, 2.45) is 23.7 Å². The number of carbonyl (C=O) groups excluding carboxylic acids is 3. The minimum absolute atomic E-state index is 0.124. The molecule has 0 spiro atoms. The van der Waals surface area contributed by atoms with Gasteiger partial charge in [0.2, 0.25) is 17.7 Å². The summed E-state index contributed by atoms with van der Waals surface area (Å²) >= 11 is 0. The smallest absolute Gasteiger partial charge is 0.271 e. The molecule has 1 aliphatic heterocycles. The number of fused-ring (bicyclic) bond motifs is 5. The molecule has 31 heavy (non-hydrogen) atoms. The van der Waals surface area contributed by atoms with Gasteiger partial charge in [-0.25, -0.2) is 0 Å². The van der Waals surface area contributed by atoms with E-state index in [0.717, 1.165) is 17.7 Å². The van der Waals surface area contributed by atoms with Crippen molar-refractivity contribution in [3.8, 4) is 0 Å². The third-order valence-electron chi connectivity index (χ3n) is 6.98. The minimum Gasteiger partial charge on any atom is -0.324 e. The zero-order valence-electron chi connectivity index (χ0n) is 16.6. The molecule has 1 saturated heterocycles. The molecule has 2 bridgehead atoms. The number of amides is 3. The Bertz CT molecular complexity index is 1090. The molecule has 1 N–H and O–H groups in total. The van der Waals surface area contributed by atoms with Crippen LogP contribution >= 0.6 is 0 Å². The maximum atomic E-state index is 13.1. The highest BCUT2D eigenvalue weighted by molar-refractivity contribution is 6.09. The first kappa shape index (κ1) is 19.4. The van der Waals surface area contributed by atoms with E-state index in [0.29, 0.717) is 0 Å². The van der Waals surface area contributed by atoms with E-state index in [1.165, 1.54) is 29.8 Å². The predicted octanol–water partition coefficient (Wildman–Crippen LogP) is 2.96. The summed E-state index contributed by atoms with van der Waals surface area (Å²) in [4.78, 5) is 50.1. The van der Waals surface area contributed by atoms with Crippen LogP contribution in [0.2, 0.25) is 0 Å². The van der Waals surface area contributed by atoms with Crippen LogP contribution in [0.15, 0.2) is 54.6 Å². The molecule has 2 aromatic rings. The van der Waals surface area contributed by atoms with Gasteiger partial charge in [0.05, 0.1) is 16.8 Å². The van der Waals surface area contributed by atoms with Crippen LogP contribution < -0.4 is 5.32 Å². The van der Waals surface area contributed by atoms with Gasteiger partial charge in [-0.3, -0.25) is 29.4 Å². The molecule has 0 aromatic heterocycles. The highest BCUT2D eigenvalue weighted by Gasteiger charge is 2.63. The number of likely N-dealkylation sites (tertiary alicyclic amines) is 1. The number of nitro benzene ring substituents is 1. The summed E-state index contributed by atoms with van der Waals surface area (Å²) < 4.78 is 0. The zero-order chi connectivity index (χ0) is 21.7. The topological polar surface area (TPSA) is 110 Å². The Morgan fingerprint density at radius 3 is 2.52 bits per heavy atom. The summed E-state index contributed by atoms with van der Waals surface area (Å²) in [5.41, 5.74) is 1.31. The Morgan fingerprint density at radius 2 is 1.77 bits per heavy atom. The summed E-state index contributed by atoms with van der Waals surface area (Å²) in [6.45, 7) is -0.372. The molecule has 2 aromatic carbocycles. The van der Waals surface area contributed by atoms with Crippen molar-refractivity contribution in [2.75, 3.05) is 11.9 Å². The van der Waals surface area contributed by atoms with Gasteiger partial charge in [-0.1, -0.05) is 36.4 Å². The first-order valence-electron chi connectivity index (χ1n) is 10.4. The van der Waals surface area contributed by atoms with E-state index in [4.69, 9.17) is 0 Å². The highest BCUT2D eigenvalue weighted by atomic mass is 16.6. The van der Waals surface area contributed by atoms with Crippen molar-refractivity contribution in [3.63, 3.8) is 0 Å². The predicted molar refractivity (Wildman–Crippen MR) is 111 cm³/mol. The molecule has 2 saturated carbocycles. The fourth-order valence-corrected chi connectivity index (χ4v) is 5.80. The minimum atomic E-state index is -0.552. The van der Waals surface area contributed by atoms with E-state index in [1.807, 2.05) is 18.2 Å². The largest absolute Gasteiger partial charge is 0.324 e. The number of nitrogens with one attached hydrogen (secondary N) is 1. The van der Waals surface area contributed by atoms with Crippen molar-refractivity contribution in [1.82, 2.24) is 4.90 Å². The van der Waals surface area contributed by atoms with E-state index in [9.17, 15) is 24.5 Å². The number of hydrogen-bond donors (Lipinski definition) is 1. The number of anilines is 1. The molecule has 2 aliphatic carbocycles. The van der Waals surface area contributed by atoms with Gasteiger partial charge in [0.15, 0.2) is 0 Å². The standard InChI is InChI=1S/C23H21N3O5/c27-19(24-15-7-4-8-16(11-15)26(30)31)12-25-22(28)20-14-9-17(13-5-2-1-3-6-13)18(10-14)21(20)23(25)29/h1-8,11,14,17-18,20-21H,9-10,12H2,(H,24,27)/t14-,17-,18-,20+,21+/m0/s1. The molecule has 3 fully saturated rings. The molecule has 0 unspecified atom stereocenters. The van der Waals surface area contributed by atoms with Gasteiger partial charge in [-0.15, -0.1) is 0 Å². The van der Waals surface area contributed by atoms with Gasteiger partial charge in [0, 0.05) is 17.8 Å². The molecule has 1 heterocycles. The second kappa shape index (κ2) is 7.30. The number of nitrogens with zero attached hydrogens (tertiary/aromatic N) is 2. The molecule has 8 heteroatoms. The first-order chi connectivity index (χ1) is 14.9. The van der Waals surface area contributed by atoms with Crippen molar-refractivity contribution in [1.29, 1.82) is 0 Å². The number of carbonyl (C=O) groups is 3. The lowest BCUT2D eigenvalue weighted by atomic mass is 9.73. The van der Waals surface area contributed by atoms with E-state index >= 15 is 0 Å². The zero-order valence-corrected chi connectivity index (χ0v) is 16.6. The van der Waals surface area contributed by atoms with Crippen LogP contribution in [-0.4, -0.2) is 34.1 Å². The number of benzene rings is 2. The lowest BCUT2D eigenvalue weighted by Crippen LogP contribution is -2.39. The van der Waals surface area contributed by atoms with Crippen molar-refractivity contribution < 1.29 is 19.3 Å². The Morgan fingerprint density at radius 1 is 1.03 bits per heavy atom. The molecule has 5 rings (SSSR count). The van der Waals surface area contributed by atoms with Crippen LogP contribution in [-0.2, 0) is 14.4 Å². The van der Waals surface area contributed by atoms with Crippen LogP contribution in [0.3, 0.4) is 0 Å². The lowest BCUT2D eigenvalue weighted by molar-refractivity contribution is -0.384. The monoisotopic (exact) mass is 419 g/mol. The molecule has 0 radical (unpaired) electrons. The molecule has 5 atom stereocenters. The molecule has 3 aliphatic rings. The van der Waals surface area contributed by atoms with Gasteiger partial charge in [-0.05, 0) is 42.2 Å². The van der Waals surface area contributed by atoms with Crippen molar-refractivity contribution in [2.45, 2.75) is 18.8 Å². The van der Waals surface area contributed by atoms with Gasteiger partial charge in [0.25, 0.3) is 5.69 Å². The number of rotatable bonds is 5. The van der Waals surface area contributed by atoms with E-state index in [-0.39, 0.29) is 59.3 Å². The maximum absolute atomic E-state index is 13.1. The summed E-state index contributed by atoms with van der Waals surface area (Å²) in [6, 6.07) is 15.6. The van der Waals surface area contributed by atoms with E-state index in [1.54, 1.807) is 0 Å². The maximum Gasteiger partial charge on any atom is 0.271 e. The van der Waals surface area contributed by atoms with Crippen LogP contribution in [0.5, 0.6) is 0 Å². The third kappa shape index (κ3) is 3.19. The summed E-state index contributed by atoms with van der Waals surface area (Å²) in [6.07, 6.45) is 1.77. The number of nitro groups is 1. The van der Waals surface area contributed by atoms with Crippen molar-refractivity contribution >= 4 is 29.1 Å². The van der Waals surface area contributed by atoms with E-state index < -0.39 is 10.8 Å². The van der Waals surface area contributed by atoms with Gasteiger partial charge >= 0.3 is 0 Å². The quantitative estimate of drug-likeness (QED) is 0.455. The summed E-state index contributed by atoms with van der Waals surface area (Å²) in [7, 11) is 0. The Hall–Kier alpha value is -3.55. The average molecular weight is 419 g/mol. The second-order valence-electron chi connectivity index (χ2n) is 8.58. The highest BCUT2D eigenvalue weighted by Crippen LogP contribution is 2.61. The molecule has 8 nitrogen and oxygen atoms in total. The molecule has 158 valence electrons. The summed E-state index contributed by atoms with van der Waals surface area (Å²) in [5.74, 6) is -1.21. The number of hydrogen-bond acceptors (Lipinski definition) is 5. The molecular formula is C23H21N3O5. The molecular weight excluding hydrogens is 398 g/mol. The Balaban J connectivity index is 1.30. The van der Waals surface area contributed by atoms with Gasteiger partial charge in [0.1, 0.15) is 6.54 Å². The Kier molecular flexibility index (Phi) is 4.57. The first-order valence-corrected chi connectivity index (χ1v) is 10.4.